The van der Waals surface area contributed by atoms with Crippen molar-refractivity contribution in [2.45, 2.75) is 52.1 Å². The summed E-state index contributed by atoms with van der Waals surface area (Å²) in [5.74, 6) is -0.564. The molecule has 0 aromatic rings. The average Bonchev–Trinajstić information content (AvgIpc) is 2.96. The molecule has 5 atom stereocenters. The smallest absolute Gasteiger partial charge is 0.331 e. The van der Waals surface area contributed by atoms with E-state index in [0.29, 0.717) is 12.0 Å². The van der Waals surface area contributed by atoms with Crippen LogP contribution in [0.1, 0.15) is 46.0 Å². The third-order valence-electron chi connectivity index (χ3n) is 6.92. The molecule has 3 rings (SSSR count). The molecular formula is C20H28O5. The van der Waals surface area contributed by atoms with Crippen molar-refractivity contribution in [1.82, 2.24) is 0 Å². The summed E-state index contributed by atoms with van der Waals surface area (Å²) in [5.41, 5.74) is 0.728. The summed E-state index contributed by atoms with van der Waals surface area (Å²) in [6.45, 7) is 8.31. The number of rotatable bonds is 4. The lowest BCUT2D eigenvalue weighted by molar-refractivity contribution is -0.160. The van der Waals surface area contributed by atoms with Gasteiger partial charge >= 0.3 is 5.97 Å². The molecular weight excluding hydrogens is 320 g/mol. The van der Waals surface area contributed by atoms with Gasteiger partial charge in [0.2, 0.25) is 0 Å². The maximum absolute atomic E-state index is 13.1. The highest BCUT2D eigenvalue weighted by atomic mass is 16.5. The van der Waals surface area contributed by atoms with Gasteiger partial charge in [0, 0.05) is 23.8 Å². The van der Waals surface area contributed by atoms with Gasteiger partial charge in [-0.15, -0.1) is 0 Å². The first-order chi connectivity index (χ1) is 11.7. The summed E-state index contributed by atoms with van der Waals surface area (Å²) in [4.78, 5) is 24.4. The van der Waals surface area contributed by atoms with Gasteiger partial charge in [-0.25, -0.2) is 4.79 Å². The lowest BCUT2D eigenvalue weighted by Gasteiger charge is -2.59. The van der Waals surface area contributed by atoms with Gasteiger partial charge in [0.25, 0.3) is 0 Å². The van der Waals surface area contributed by atoms with E-state index in [9.17, 15) is 19.8 Å². The van der Waals surface area contributed by atoms with Crippen LogP contribution in [0.5, 0.6) is 0 Å². The van der Waals surface area contributed by atoms with Crippen molar-refractivity contribution in [3.63, 3.8) is 0 Å². The molecule has 2 aliphatic carbocycles. The first-order valence-electron chi connectivity index (χ1n) is 9.08. The van der Waals surface area contributed by atoms with Gasteiger partial charge in [0.05, 0.1) is 12.7 Å². The Morgan fingerprint density at radius 2 is 2.12 bits per heavy atom. The molecule has 138 valence electrons. The predicted octanol–water partition coefficient (Wildman–Crippen LogP) is 2.17. The van der Waals surface area contributed by atoms with Gasteiger partial charge in [0.15, 0.2) is 0 Å². The first-order valence-corrected chi connectivity index (χ1v) is 9.08. The minimum atomic E-state index is -0.599. The van der Waals surface area contributed by atoms with E-state index >= 15 is 0 Å². The highest BCUT2D eigenvalue weighted by Gasteiger charge is 2.59. The summed E-state index contributed by atoms with van der Waals surface area (Å²) in [6, 6.07) is 0. The van der Waals surface area contributed by atoms with Gasteiger partial charge < -0.3 is 14.9 Å². The molecule has 0 unspecified atom stereocenters. The van der Waals surface area contributed by atoms with Crippen LogP contribution in [-0.2, 0) is 14.3 Å². The first kappa shape index (κ1) is 18.3. The number of ketones is 1. The summed E-state index contributed by atoms with van der Waals surface area (Å²) in [6.07, 6.45) is 3.93. The van der Waals surface area contributed by atoms with Crippen LogP contribution in [0, 0.1) is 22.7 Å². The number of fused-ring (bicyclic) bond motifs is 1. The maximum Gasteiger partial charge on any atom is 0.331 e. The van der Waals surface area contributed by atoms with Gasteiger partial charge in [-0.1, -0.05) is 26.0 Å². The van der Waals surface area contributed by atoms with Crippen molar-refractivity contribution >= 4 is 11.8 Å². The second-order valence-electron chi connectivity index (χ2n) is 8.46. The summed E-state index contributed by atoms with van der Waals surface area (Å²) >= 11 is 0. The topological polar surface area (TPSA) is 83.8 Å². The molecule has 0 saturated heterocycles. The quantitative estimate of drug-likeness (QED) is 0.601. The SMILES string of the molecule is C=C1CC[C@H]2[C@@](C)(CC[C@@H](O)[C@@]2(C)CO)[C@@H]1C(=O)CC1=CC(=O)OC1. The zero-order valence-corrected chi connectivity index (χ0v) is 15.1. The van der Waals surface area contributed by atoms with Crippen LogP contribution < -0.4 is 0 Å². The summed E-state index contributed by atoms with van der Waals surface area (Å²) in [7, 11) is 0. The van der Waals surface area contributed by atoms with Crippen molar-refractivity contribution in [2.24, 2.45) is 22.7 Å². The zero-order chi connectivity index (χ0) is 18.4. The van der Waals surface area contributed by atoms with Crippen LogP contribution in [0.25, 0.3) is 0 Å². The number of hydrogen-bond acceptors (Lipinski definition) is 5. The maximum atomic E-state index is 13.1. The second-order valence-corrected chi connectivity index (χ2v) is 8.46. The molecule has 1 heterocycles. The molecule has 3 aliphatic rings. The summed E-state index contributed by atoms with van der Waals surface area (Å²) in [5, 5.41) is 20.5. The number of aliphatic hydroxyl groups excluding tert-OH is 2. The van der Waals surface area contributed by atoms with Crippen molar-refractivity contribution in [3.8, 4) is 0 Å². The Balaban J connectivity index is 1.90. The number of ether oxygens (including phenoxy) is 1. The molecule has 25 heavy (non-hydrogen) atoms. The Bertz CT molecular complexity index is 636. The Kier molecular flexibility index (Phi) is 4.67. The van der Waals surface area contributed by atoms with Gasteiger partial charge in [-0.05, 0) is 42.6 Å². The third kappa shape index (κ3) is 2.87. The fourth-order valence-corrected chi connectivity index (χ4v) is 5.54. The Labute approximate surface area is 148 Å². The largest absolute Gasteiger partial charge is 0.458 e. The lowest BCUT2D eigenvalue weighted by atomic mass is 9.46. The fraction of sp³-hybridized carbons (Fsp3) is 0.700. The molecule has 2 N–H and O–H groups in total. The Morgan fingerprint density at radius 3 is 2.72 bits per heavy atom. The Morgan fingerprint density at radius 1 is 1.40 bits per heavy atom. The van der Waals surface area contributed by atoms with E-state index in [0.717, 1.165) is 24.8 Å². The van der Waals surface area contributed by atoms with E-state index in [1.807, 2.05) is 6.92 Å². The van der Waals surface area contributed by atoms with Gasteiger partial charge in [-0.3, -0.25) is 4.79 Å². The number of hydrogen-bond donors (Lipinski definition) is 2. The van der Waals surface area contributed by atoms with E-state index in [-0.39, 0.29) is 48.6 Å². The normalized spacial score (nSPS) is 41.1. The molecule has 0 radical (unpaired) electrons. The van der Waals surface area contributed by atoms with E-state index < -0.39 is 11.5 Å². The second kappa shape index (κ2) is 6.36. The van der Waals surface area contributed by atoms with Crippen LogP contribution in [0.4, 0.5) is 0 Å². The number of esters is 1. The lowest BCUT2D eigenvalue weighted by Crippen LogP contribution is -2.58. The van der Waals surface area contributed by atoms with Gasteiger partial charge in [0.1, 0.15) is 12.4 Å². The standard InChI is InChI=1S/C20H28O5/c1-12-4-5-15-19(2,7-6-16(23)20(15,3)11-21)18(12)14(22)8-13-9-17(24)25-10-13/h9,15-16,18,21,23H,1,4-8,10-11H2,2-3H3/t15-,16+,18-,19+,20-/m0/s1. The molecule has 2 fully saturated rings. The van der Waals surface area contributed by atoms with Crippen LogP contribution in [0.2, 0.25) is 0 Å². The monoisotopic (exact) mass is 348 g/mol. The molecule has 0 amide bonds. The van der Waals surface area contributed by atoms with Gasteiger partial charge in [-0.2, -0.15) is 0 Å². The number of carbonyl (C=O) groups excluding carboxylic acids is 2. The average molecular weight is 348 g/mol. The molecule has 0 bridgehead atoms. The van der Waals surface area contributed by atoms with Crippen molar-refractivity contribution in [1.29, 1.82) is 0 Å². The molecule has 5 heteroatoms. The van der Waals surface area contributed by atoms with Crippen molar-refractivity contribution in [2.75, 3.05) is 13.2 Å². The van der Waals surface area contributed by atoms with E-state index in [1.54, 1.807) is 0 Å². The van der Waals surface area contributed by atoms with E-state index in [4.69, 9.17) is 4.74 Å². The number of aliphatic hydroxyl groups is 2. The molecule has 0 spiro atoms. The van der Waals surface area contributed by atoms with Crippen LogP contribution >= 0.6 is 0 Å². The molecule has 1 aliphatic heterocycles. The number of Topliss-reactive ketones (excluding diaryl/α,β-unsaturated/α-hetero) is 1. The van der Waals surface area contributed by atoms with Crippen LogP contribution in [0.15, 0.2) is 23.8 Å². The third-order valence-corrected chi connectivity index (χ3v) is 6.92. The zero-order valence-electron chi connectivity index (χ0n) is 15.1. The van der Waals surface area contributed by atoms with Crippen LogP contribution in [0.3, 0.4) is 0 Å². The highest BCUT2D eigenvalue weighted by molar-refractivity contribution is 5.91. The predicted molar refractivity (Wildman–Crippen MR) is 92.6 cm³/mol. The molecule has 2 saturated carbocycles. The fourth-order valence-electron chi connectivity index (χ4n) is 5.54. The minimum absolute atomic E-state index is 0.0589. The van der Waals surface area contributed by atoms with Crippen LogP contribution in [-0.4, -0.2) is 41.3 Å². The molecule has 0 aromatic heterocycles. The van der Waals surface area contributed by atoms with Crippen molar-refractivity contribution < 1.29 is 24.5 Å². The molecule has 5 nitrogen and oxygen atoms in total. The number of carbonyl (C=O) groups is 2. The molecule has 0 aromatic carbocycles. The minimum Gasteiger partial charge on any atom is -0.458 e. The summed E-state index contributed by atoms with van der Waals surface area (Å²) < 4.78 is 4.90. The highest BCUT2D eigenvalue weighted by Crippen LogP contribution is 2.61. The Hall–Kier alpha value is -1.46. The van der Waals surface area contributed by atoms with Crippen molar-refractivity contribution in [3.05, 3.63) is 23.8 Å². The number of cyclic esters (lactones) is 1. The van der Waals surface area contributed by atoms with E-state index in [2.05, 4.69) is 13.5 Å². The number of allylic oxidation sites excluding steroid dienone is 1. The van der Waals surface area contributed by atoms with E-state index in [1.165, 1.54) is 6.08 Å².